The van der Waals surface area contributed by atoms with E-state index in [-0.39, 0.29) is 11.5 Å². The Morgan fingerprint density at radius 3 is 2.55 bits per heavy atom. The molecule has 0 spiro atoms. The topological polar surface area (TPSA) is 83.9 Å². The van der Waals surface area contributed by atoms with Crippen molar-refractivity contribution in [1.82, 2.24) is 24.9 Å². The third-order valence-electron chi connectivity index (χ3n) is 4.83. The summed E-state index contributed by atoms with van der Waals surface area (Å²) in [7, 11) is 1.73. The molecule has 0 aliphatic heterocycles. The van der Waals surface area contributed by atoms with Crippen molar-refractivity contribution < 1.29 is 4.79 Å². The molecule has 0 bridgehead atoms. The molecule has 1 amide bonds. The monoisotopic (exact) mass is 387 g/mol. The maximum atomic E-state index is 12.9. The lowest BCUT2D eigenvalue weighted by Crippen LogP contribution is -2.27. The van der Waals surface area contributed by atoms with Gasteiger partial charge in [0.15, 0.2) is 0 Å². The lowest BCUT2D eigenvalue weighted by atomic mass is 10.1. The summed E-state index contributed by atoms with van der Waals surface area (Å²) in [6.45, 7) is 4.17. The number of H-pyrrole nitrogens is 1. The minimum absolute atomic E-state index is 0.155. The van der Waals surface area contributed by atoms with Crippen molar-refractivity contribution in [3.63, 3.8) is 0 Å². The van der Waals surface area contributed by atoms with E-state index in [0.29, 0.717) is 23.2 Å². The van der Waals surface area contributed by atoms with Crippen LogP contribution in [0.25, 0.3) is 16.5 Å². The molecule has 0 saturated heterocycles. The largest absolute Gasteiger partial charge is 0.336 e. The molecule has 146 valence electrons. The Kier molecular flexibility index (Phi) is 4.72. The van der Waals surface area contributed by atoms with Crippen LogP contribution in [0, 0.1) is 13.8 Å². The van der Waals surface area contributed by atoms with Gasteiger partial charge in [0, 0.05) is 23.7 Å². The van der Waals surface area contributed by atoms with Crippen molar-refractivity contribution in [2.45, 2.75) is 20.4 Å². The fraction of sp³-hybridized carbons (Fsp3) is 0.182. The highest BCUT2D eigenvalue weighted by atomic mass is 16.2. The number of aromatic amines is 1. The second kappa shape index (κ2) is 7.35. The molecule has 0 unspecified atom stereocenters. The Hall–Kier alpha value is -3.74. The summed E-state index contributed by atoms with van der Waals surface area (Å²) in [6, 6.07) is 16.3. The van der Waals surface area contributed by atoms with Crippen LogP contribution in [0.4, 0.5) is 0 Å². The number of aryl methyl sites for hydroxylation is 2. The summed E-state index contributed by atoms with van der Waals surface area (Å²) in [6.07, 6.45) is 0. The summed E-state index contributed by atoms with van der Waals surface area (Å²) in [5, 5.41) is 12.9. The minimum Gasteiger partial charge on any atom is -0.336 e. The lowest BCUT2D eigenvalue weighted by Gasteiger charge is -2.16. The predicted octanol–water partition coefficient (Wildman–Crippen LogP) is 3.00. The van der Waals surface area contributed by atoms with Gasteiger partial charge < -0.3 is 4.90 Å². The van der Waals surface area contributed by atoms with E-state index in [1.807, 2.05) is 38.1 Å². The molecule has 1 N–H and O–H groups in total. The molecular weight excluding hydrogens is 366 g/mol. The number of hydrogen-bond donors (Lipinski definition) is 1. The highest BCUT2D eigenvalue weighted by molar-refractivity contribution is 5.94. The van der Waals surface area contributed by atoms with Crippen LogP contribution in [0.1, 0.15) is 27.4 Å². The molecule has 0 fully saturated rings. The average molecular weight is 387 g/mol. The zero-order valence-electron chi connectivity index (χ0n) is 16.5. The van der Waals surface area contributed by atoms with Gasteiger partial charge >= 0.3 is 0 Å². The molecule has 29 heavy (non-hydrogen) atoms. The quantitative estimate of drug-likeness (QED) is 0.583. The number of carbonyl (C=O) groups excluding carboxylic acids is 1. The summed E-state index contributed by atoms with van der Waals surface area (Å²) in [5.41, 5.74) is 3.31. The van der Waals surface area contributed by atoms with Crippen LogP contribution >= 0.6 is 0 Å². The van der Waals surface area contributed by atoms with E-state index < -0.39 is 0 Å². The van der Waals surface area contributed by atoms with Crippen molar-refractivity contribution in [2.75, 3.05) is 7.05 Å². The van der Waals surface area contributed by atoms with Gasteiger partial charge in [-0.15, -0.1) is 0 Å². The molecule has 0 atom stereocenters. The van der Waals surface area contributed by atoms with E-state index >= 15 is 0 Å². The number of nitrogens with one attached hydrogen (secondary N) is 1. The molecule has 7 heteroatoms. The van der Waals surface area contributed by atoms with Gasteiger partial charge in [-0.05, 0) is 44.2 Å². The van der Waals surface area contributed by atoms with Crippen LogP contribution < -0.4 is 5.56 Å². The van der Waals surface area contributed by atoms with E-state index in [9.17, 15) is 9.59 Å². The fourth-order valence-corrected chi connectivity index (χ4v) is 3.38. The Morgan fingerprint density at radius 2 is 1.83 bits per heavy atom. The van der Waals surface area contributed by atoms with Crippen LogP contribution in [-0.2, 0) is 6.54 Å². The zero-order chi connectivity index (χ0) is 20.5. The average Bonchev–Trinajstić information content (AvgIpc) is 3.14. The zero-order valence-corrected chi connectivity index (χ0v) is 16.5. The normalized spacial score (nSPS) is 11.0. The Morgan fingerprint density at radius 1 is 1.07 bits per heavy atom. The number of hydrogen-bond acceptors (Lipinski definition) is 4. The molecule has 0 aliphatic rings. The van der Waals surface area contributed by atoms with Gasteiger partial charge in [-0.1, -0.05) is 24.3 Å². The van der Waals surface area contributed by atoms with Crippen molar-refractivity contribution in [3.8, 4) is 5.69 Å². The van der Waals surface area contributed by atoms with Gasteiger partial charge in [-0.3, -0.25) is 14.7 Å². The molecule has 2 aromatic carbocycles. The maximum Gasteiger partial charge on any atom is 0.279 e. The predicted molar refractivity (Wildman–Crippen MR) is 111 cm³/mol. The van der Waals surface area contributed by atoms with E-state index in [2.05, 4.69) is 15.3 Å². The van der Waals surface area contributed by atoms with Gasteiger partial charge in [0.25, 0.3) is 11.5 Å². The Labute approximate surface area is 167 Å². The molecule has 4 aromatic rings. The van der Waals surface area contributed by atoms with Crippen LogP contribution in [-0.4, -0.2) is 37.8 Å². The summed E-state index contributed by atoms with van der Waals surface area (Å²) in [4.78, 5) is 27.4. The first-order valence-corrected chi connectivity index (χ1v) is 9.29. The van der Waals surface area contributed by atoms with Gasteiger partial charge in [0.05, 0.1) is 29.0 Å². The molecule has 4 rings (SSSR count). The van der Waals surface area contributed by atoms with Crippen molar-refractivity contribution in [2.24, 2.45) is 0 Å². The van der Waals surface area contributed by atoms with Gasteiger partial charge in [-0.2, -0.15) is 14.9 Å². The molecule has 0 radical (unpaired) electrons. The van der Waals surface area contributed by atoms with Crippen molar-refractivity contribution >= 4 is 16.7 Å². The van der Waals surface area contributed by atoms with Gasteiger partial charge in [-0.25, -0.2) is 0 Å². The van der Waals surface area contributed by atoms with E-state index in [1.54, 1.807) is 42.3 Å². The van der Waals surface area contributed by atoms with E-state index in [4.69, 9.17) is 0 Å². The number of carbonyl (C=O) groups is 1. The maximum absolute atomic E-state index is 12.9. The summed E-state index contributed by atoms with van der Waals surface area (Å²) < 4.78 is 1.35. The fourth-order valence-electron chi connectivity index (χ4n) is 3.38. The number of benzene rings is 2. The third-order valence-corrected chi connectivity index (χ3v) is 4.83. The second-order valence-electron chi connectivity index (χ2n) is 7.10. The molecular formula is C22H21N5O2. The second-order valence-corrected chi connectivity index (χ2v) is 7.10. The molecule has 2 aromatic heterocycles. The highest BCUT2D eigenvalue weighted by Gasteiger charge is 2.15. The third kappa shape index (κ3) is 3.54. The standard InChI is InChI=1S/C22H21N5O2/c1-14-11-17(24-23-14)13-26(3)21(28)16-7-6-8-18(12-16)27-22(29)20-10-5-4-9-19(20)15(2)25-27/h4-12H,13H2,1-3H3,(H,23,24). The first-order valence-electron chi connectivity index (χ1n) is 9.29. The molecule has 0 aliphatic carbocycles. The number of nitrogens with zero attached hydrogens (tertiary/aromatic N) is 4. The molecule has 7 nitrogen and oxygen atoms in total. The van der Waals surface area contributed by atoms with E-state index in [0.717, 1.165) is 22.5 Å². The SMILES string of the molecule is Cc1cc(CN(C)C(=O)c2cccc(-n3nc(C)c4ccccc4c3=O)c2)n[nH]1. The van der Waals surface area contributed by atoms with E-state index in [1.165, 1.54) is 4.68 Å². The first kappa shape index (κ1) is 18.6. The van der Waals surface area contributed by atoms with Crippen LogP contribution in [0.3, 0.4) is 0 Å². The smallest absolute Gasteiger partial charge is 0.279 e. The molecule has 0 saturated carbocycles. The van der Waals surface area contributed by atoms with Gasteiger partial charge in [0.2, 0.25) is 0 Å². The summed E-state index contributed by atoms with van der Waals surface area (Å²) >= 11 is 0. The van der Waals surface area contributed by atoms with Crippen LogP contribution in [0.15, 0.2) is 59.4 Å². The lowest BCUT2D eigenvalue weighted by molar-refractivity contribution is 0.0783. The Bertz CT molecular complexity index is 1270. The molecule has 2 heterocycles. The van der Waals surface area contributed by atoms with Gasteiger partial charge in [0.1, 0.15) is 0 Å². The summed E-state index contributed by atoms with van der Waals surface area (Å²) in [5.74, 6) is -0.155. The van der Waals surface area contributed by atoms with Crippen molar-refractivity contribution in [1.29, 1.82) is 0 Å². The number of aromatic nitrogens is 4. The van der Waals surface area contributed by atoms with Crippen molar-refractivity contribution in [3.05, 3.63) is 87.6 Å². The minimum atomic E-state index is -0.212. The number of fused-ring (bicyclic) bond motifs is 1. The van der Waals surface area contributed by atoms with Crippen LogP contribution in [0.2, 0.25) is 0 Å². The highest BCUT2D eigenvalue weighted by Crippen LogP contribution is 2.16. The van der Waals surface area contributed by atoms with Crippen LogP contribution in [0.5, 0.6) is 0 Å². The number of amides is 1. The Balaban J connectivity index is 1.69. The first-order chi connectivity index (χ1) is 13.9. The number of rotatable bonds is 4.